The van der Waals surface area contributed by atoms with Crippen LogP contribution in [0.25, 0.3) is 0 Å². The third-order valence-electron chi connectivity index (χ3n) is 4.87. The van der Waals surface area contributed by atoms with E-state index in [1.165, 1.54) is 101 Å². The molecule has 0 spiro atoms. The summed E-state index contributed by atoms with van der Waals surface area (Å²) in [5.74, 6) is 0. The molecule has 1 unspecified atom stereocenters. The van der Waals surface area contributed by atoms with Gasteiger partial charge in [-0.2, -0.15) is 0 Å². The van der Waals surface area contributed by atoms with Crippen LogP contribution in [0, 0.1) is 0 Å². The first-order valence-corrected chi connectivity index (χ1v) is 9.52. The van der Waals surface area contributed by atoms with Gasteiger partial charge in [-0.1, -0.05) is 71.6 Å². The van der Waals surface area contributed by atoms with Gasteiger partial charge < -0.3 is 4.48 Å². The first-order chi connectivity index (χ1) is 9.68. The maximum atomic E-state index is 2.45. The summed E-state index contributed by atoms with van der Waals surface area (Å²) in [7, 11) is 2.45. The van der Waals surface area contributed by atoms with Gasteiger partial charge in [-0.3, -0.25) is 0 Å². The van der Waals surface area contributed by atoms with Crippen LogP contribution in [0.1, 0.15) is 97.8 Å². The highest BCUT2D eigenvalue weighted by atomic mass is 15.3. The normalized spacial score (nSPS) is 14.4. The largest absolute Gasteiger partial charge is 0.326 e. The third kappa shape index (κ3) is 11.8. The summed E-state index contributed by atoms with van der Waals surface area (Å²) in [5.41, 5.74) is 0. The third-order valence-corrected chi connectivity index (χ3v) is 4.87. The average molecular weight is 285 g/mol. The maximum absolute atomic E-state index is 2.45. The predicted molar refractivity (Wildman–Crippen MR) is 93.2 cm³/mol. The standard InChI is InChI=1S/C19H42N/c1-5-8-10-11-12-13-14-15-16-17-19-20(4,7-3)18-9-6-2/h5-19H2,1-4H3/q+1. The molecular formula is C19H42N+. The zero-order valence-electron chi connectivity index (χ0n) is 15.1. The minimum absolute atomic E-state index is 1.30. The zero-order chi connectivity index (χ0) is 15.1. The Labute approximate surface area is 129 Å². The van der Waals surface area contributed by atoms with Crippen LogP contribution in [0.2, 0.25) is 0 Å². The van der Waals surface area contributed by atoms with E-state index in [0.717, 1.165) is 0 Å². The summed E-state index contributed by atoms with van der Waals surface area (Å²) in [6.45, 7) is 11.0. The van der Waals surface area contributed by atoms with E-state index in [-0.39, 0.29) is 0 Å². The molecule has 1 atom stereocenters. The van der Waals surface area contributed by atoms with Crippen molar-refractivity contribution >= 4 is 0 Å². The van der Waals surface area contributed by atoms with Crippen LogP contribution in [0.4, 0.5) is 0 Å². The molecule has 122 valence electrons. The SMILES string of the molecule is CCCCCCCCCCCC[N+](C)(CC)CCCC. The van der Waals surface area contributed by atoms with Crippen LogP contribution < -0.4 is 0 Å². The second-order valence-electron chi connectivity index (χ2n) is 6.92. The number of quaternary nitrogens is 1. The summed E-state index contributed by atoms with van der Waals surface area (Å²) in [6.07, 6.45) is 17.2. The van der Waals surface area contributed by atoms with Crippen molar-refractivity contribution in [2.45, 2.75) is 97.8 Å². The molecule has 0 saturated carbocycles. The molecule has 1 heteroatoms. The quantitative estimate of drug-likeness (QED) is 0.249. The molecule has 0 heterocycles. The number of hydrogen-bond acceptors (Lipinski definition) is 0. The van der Waals surface area contributed by atoms with Gasteiger partial charge >= 0.3 is 0 Å². The lowest BCUT2D eigenvalue weighted by Gasteiger charge is -2.33. The molecule has 0 aliphatic rings. The van der Waals surface area contributed by atoms with Crippen molar-refractivity contribution in [3.05, 3.63) is 0 Å². The fraction of sp³-hybridized carbons (Fsp3) is 1.00. The zero-order valence-corrected chi connectivity index (χ0v) is 15.1. The summed E-state index contributed by atoms with van der Waals surface area (Å²) in [4.78, 5) is 0. The van der Waals surface area contributed by atoms with Crippen LogP contribution in [0.3, 0.4) is 0 Å². The van der Waals surface area contributed by atoms with Gasteiger partial charge in [0.1, 0.15) is 0 Å². The highest BCUT2D eigenvalue weighted by molar-refractivity contribution is 4.48. The Balaban J connectivity index is 3.37. The van der Waals surface area contributed by atoms with Gasteiger partial charge in [-0.05, 0) is 26.2 Å². The van der Waals surface area contributed by atoms with Crippen molar-refractivity contribution in [2.75, 3.05) is 26.7 Å². The Bertz CT molecular complexity index is 190. The molecule has 0 N–H and O–H groups in total. The van der Waals surface area contributed by atoms with Gasteiger partial charge in [0.05, 0.1) is 26.7 Å². The van der Waals surface area contributed by atoms with Crippen LogP contribution in [0.5, 0.6) is 0 Å². The van der Waals surface area contributed by atoms with Crippen molar-refractivity contribution in [3.8, 4) is 0 Å². The molecule has 0 saturated heterocycles. The summed E-state index contributed by atoms with van der Waals surface area (Å²) in [6, 6.07) is 0. The highest BCUT2D eigenvalue weighted by Crippen LogP contribution is 2.13. The lowest BCUT2D eigenvalue weighted by Crippen LogP contribution is -2.45. The Kier molecular flexibility index (Phi) is 13.9. The van der Waals surface area contributed by atoms with Crippen molar-refractivity contribution in [2.24, 2.45) is 0 Å². The van der Waals surface area contributed by atoms with Crippen molar-refractivity contribution in [1.29, 1.82) is 0 Å². The first-order valence-electron chi connectivity index (χ1n) is 9.52. The fourth-order valence-electron chi connectivity index (χ4n) is 2.95. The van der Waals surface area contributed by atoms with Crippen LogP contribution in [0.15, 0.2) is 0 Å². The topological polar surface area (TPSA) is 0 Å². The van der Waals surface area contributed by atoms with Crippen molar-refractivity contribution in [1.82, 2.24) is 0 Å². The maximum Gasteiger partial charge on any atom is 0.0784 e. The Morgan fingerprint density at radius 2 is 0.900 bits per heavy atom. The molecular weight excluding hydrogens is 242 g/mol. The smallest absolute Gasteiger partial charge is 0.0784 e. The van der Waals surface area contributed by atoms with E-state index in [2.05, 4.69) is 27.8 Å². The van der Waals surface area contributed by atoms with E-state index in [0.29, 0.717) is 0 Å². The minimum atomic E-state index is 1.30. The van der Waals surface area contributed by atoms with Gasteiger partial charge in [-0.15, -0.1) is 0 Å². The molecule has 0 aromatic rings. The predicted octanol–water partition coefficient (Wildman–Crippen LogP) is 6.17. The number of hydrogen-bond donors (Lipinski definition) is 0. The van der Waals surface area contributed by atoms with E-state index < -0.39 is 0 Å². The van der Waals surface area contributed by atoms with Crippen molar-refractivity contribution in [3.63, 3.8) is 0 Å². The van der Waals surface area contributed by atoms with Gasteiger partial charge in [-0.25, -0.2) is 0 Å². The molecule has 0 radical (unpaired) electrons. The fourth-order valence-corrected chi connectivity index (χ4v) is 2.95. The first kappa shape index (κ1) is 20.0. The number of rotatable bonds is 15. The molecule has 0 amide bonds. The lowest BCUT2D eigenvalue weighted by atomic mass is 10.1. The van der Waals surface area contributed by atoms with E-state index >= 15 is 0 Å². The molecule has 0 rings (SSSR count). The van der Waals surface area contributed by atoms with Crippen LogP contribution >= 0.6 is 0 Å². The van der Waals surface area contributed by atoms with E-state index in [9.17, 15) is 0 Å². The Morgan fingerprint density at radius 3 is 1.35 bits per heavy atom. The summed E-state index contributed by atoms with van der Waals surface area (Å²) < 4.78 is 1.30. The molecule has 0 aromatic carbocycles. The van der Waals surface area contributed by atoms with Gasteiger partial charge in [0.2, 0.25) is 0 Å². The second kappa shape index (κ2) is 13.9. The van der Waals surface area contributed by atoms with E-state index in [4.69, 9.17) is 0 Å². The average Bonchev–Trinajstić information content (AvgIpc) is 2.47. The van der Waals surface area contributed by atoms with E-state index in [1.54, 1.807) is 0 Å². The van der Waals surface area contributed by atoms with E-state index in [1.807, 2.05) is 0 Å². The highest BCUT2D eigenvalue weighted by Gasteiger charge is 2.17. The van der Waals surface area contributed by atoms with Gasteiger partial charge in [0.25, 0.3) is 0 Å². The monoisotopic (exact) mass is 284 g/mol. The van der Waals surface area contributed by atoms with Crippen molar-refractivity contribution < 1.29 is 4.48 Å². The molecule has 0 aliphatic heterocycles. The number of nitrogens with zero attached hydrogens (tertiary/aromatic N) is 1. The van der Waals surface area contributed by atoms with Gasteiger partial charge in [0, 0.05) is 0 Å². The lowest BCUT2D eigenvalue weighted by molar-refractivity contribution is -0.908. The molecule has 0 aromatic heterocycles. The molecule has 0 bridgehead atoms. The number of unbranched alkanes of at least 4 members (excludes halogenated alkanes) is 10. The summed E-state index contributed by atoms with van der Waals surface area (Å²) in [5, 5.41) is 0. The molecule has 20 heavy (non-hydrogen) atoms. The van der Waals surface area contributed by atoms with Gasteiger partial charge in [0.15, 0.2) is 0 Å². The molecule has 0 aliphatic carbocycles. The molecule has 1 nitrogen and oxygen atoms in total. The molecule has 0 fully saturated rings. The van der Waals surface area contributed by atoms with Crippen LogP contribution in [-0.4, -0.2) is 31.2 Å². The minimum Gasteiger partial charge on any atom is -0.326 e. The summed E-state index contributed by atoms with van der Waals surface area (Å²) >= 11 is 0. The Morgan fingerprint density at radius 1 is 0.500 bits per heavy atom. The van der Waals surface area contributed by atoms with Crippen LogP contribution in [-0.2, 0) is 0 Å². The second-order valence-corrected chi connectivity index (χ2v) is 6.92. The Hall–Kier alpha value is -0.0400.